The smallest absolute Gasteiger partial charge is 0.258 e. The number of carbonyl (C=O) groups excluding carboxylic acids is 1. The molecular formula is C26H27ClN2O2. The predicted octanol–water partition coefficient (Wildman–Crippen LogP) is 5.66. The monoisotopic (exact) mass is 434 g/mol. The molecule has 0 radical (unpaired) electrons. The molecule has 4 nitrogen and oxygen atoms in total. The summed E-state index contributed by atoms with van der Waals surface area (Å²) in [4.78, 5) is 17.9. The van der Waals surface area contributed by atoms with Crippen molar-refractivity contribution in [2.75, 3.05) is 25.1 Å². The molecule has 0 atom stereocenters. The molecule has 0 aromatic heterocycles. The number of hydrogen-bond acceptors (Lipinski definition) is 3. The number of methoxy groups -OCH3 is 1. The van der Waals surface area contributed by atoms with Gasteiger partial charge < -0.3 is 9.64 Å². The van der Waals surface area contributed by atoms with Gasteiger partial charge in [-0.2, -0.15) is 0 Å². The van der Waals surface area contributed by atoms with Crippen LogP contribution in [0.1, 0.15) is 28.8 Å². The summed E-state index contributed by atoms with van der Waals surface area (Å²) in [5.41, 5.74) is 2.76. The fraction of sp³-hybridized carbons (Fsp3) is 0.269. The van der Waals surface area contributed by atoms with Crippen molar-refractivity contribution in [1.82, 2.24) is 4.90 Å². The highest BCUT2D eigenvalue weighted by molar-refractivity contribution is 6.31. The van der Waals surface area contributed by atoms with Gasteiger partial charge >= 0.3 is 0 Å². The number of amides is 1. The molecule has 0 unspecified atom stereocenters. The highest BCUT2D eigenvalue weighted by atomic mass is 35.5. The Balaban J connectivity index is 1.50. The summed E-state index contributed by atoms with van der Waals surface area (Å²) in [7, 11) is 1.63. The molecule has 0 bridgehead atoms. The molecule has 3 aromatic carbocycles. The summed E-state index contributed by atoms with van der Waals surface area (Å²) in [6.45, 7) is 2.69. The second-order valence-electron chi connectivity index (χ2n) is 7.84. The average molecular weight is 435 g/mol. The summed E-state index contributed by atoms with van der Waals surface area (Å²) in [5, 5.41) is 0.810. The van der Waals surface area contributed by atoms with Gasteiger partial charge in [0.2, 0.25) is 0 Å². The fourth-order valence-electron chi connectivity index (χ4n) is 4.16. The SMILES string of the molecule is COc1ccc(C(=O)N(c2ccccc2)C2CCN(Cc3ccccc3Cl)CC2)cc1. The van der Waals surface area contributed by atoms with Gasteiger partial charge in [-0.1, -0.05) is 48.0 Å². The van der Waals surface area contributed by atoms with E-state index in [1.807, 2.05) is 77.7 Å². The Kier molecular flexibility index (Phi) is 6.90. The molecule has 1 aliphatic rings. The molecule has 0 N–H and O–H groups in total. The molecule has 1 aliphatic heterocycles. The Morgan fingerprint density at radius 1 is 0.968 bits per heavy atom. The first-order valence-corrected chi connectivity index (χ1v) is 11.0. The number of piperidine rings is 1. The Hall–Kier alpha value is -2.82. The number of likely N-dealkylation sites (tertiary alicyclic amines) is 1. The maximum Gasteiger partial charge on any atom is 0.258 e. The second-order valence-corrected chi connectivity index (χ2v) is 8.25. The third kappa shape index (κ3) is 5.09. The average Bonchev–Trinajstić information content (AvgIpc) is 2.82. The van der Waals surface area contributed by atoms with E-state index in [4.69, 9.17) is 16.3 Å². The third-order valence-electron chi connectivity index (χ3n) is 5.86. The lowest BCUT2D eigenvalue weighted by Crippen LogP contribution is -2.47. The van der Waals surface area contributed by atoms with Crippen molar-refractivity contribution >= 4 is 23.2 Å². The molecule has 31 heavy (non-hydrogen) atoms. The van der Waals surface area contributed by atoms with Crippen LogP contribution in [0.4, 0.5) is 5.69 Å². The minimum absolute atomic E-state index is 0.0263. The van der Waals surface area contributed by atoms with E-state index < -0.39 is 0 Å². The zero-order valence-corrected chi connectivity index (χ0v) is 18.5. The lowest BCUT2D eigenvalue weighted by atomic mass is 10.00. The summed E-state index contributed by atoms with van der Waals surface area (Å²) >= 11 is 6.35. The van der Waals surface area contributed by atoms with Crippen LogP contribution < -0.4 is 9.64 Å². The summed E-state index contributed by atoms with van der Waals surface area (Å²) < 4.78 is 5.24. The van der Waals surface area contributed by atoms with Crippen molar-refractivity contribution in [3.05, 3.63) is 95.0 Å². The van der Waals surface area contributed by atoms with E-state index in [1.54, 1.807) is 7.11 Å². The van der Waals surface area contributed by atoms with Crippen LogP contribution in [0.3, 0.4) is 0 Å². The molecular weight excluding hydrogens is 408 g/mol. The molecule has 5 heteroatoms. The van der Waals surface area contributed by atoms with Gasteiger partial charge in [-0.05, 0) is 60.9 Å². The van der Waals surface area contributed by atoms with Crippen LogP contribution in [-0.4, -0.2) is 37.0 Å². The van der Waals surface area contributed by atoms with Crippen LogP contribution in [0.5, 0.6) is 5.75 Å². The zero-order valence-electron chi connectivity index (χ0n) is 17.7. The highest BCUT2D eigenvalue weighted by Gasteiger charge is 2.30. The highest BCUT2D eigenvalue weighted by Crippen LogP contribution is 2.27. The van der Waals surface area contributed by atoms with Crippen molar-refractivity contribution in [1.29, 1.82) is 0 Å². The Labute approximate surface area is 189 Å². The van der Waals surface area contributed by atoms with E-state index in [2.05, 4.69) is 11.0 Å². The lowest BCUT2D eigenvalue weighted by Gasteiger charge is -2.38. The minimum Gasteiger partial charge on any atom is -0.497 e. The second kappa shape index (κ2) is 9.99. The van der Waals surface area contributed by atoms with Gasteiger partial charge in [0.05, 0.1) is 7.11 Å². The number of para-hydroxylation sites is 1. The van der Waals surface area contributed by atoms with Crippen molar-refractivity contribution in [2.24, 2.45) is 0 Å². The number of hydrogen-bond donors (Lipinski definition) is 0. The number of benzene rings is 3. The van der Waals surface area contributed by atoms with Gasteiger partial charge in [0.15, 0.2) is 0 Å². The van der Waals surface area contributed by atoms with E-state index in [-0.39, 0.29) is 11.9 Å². The quantitative estimate of drug-likeness (QED) is 0.501. The Bertz CT molecular complexity index is 999. The maximum atomic E-state index is 13.5. The van der Waals surface area contributed by atoms with Crippen molar-refractivity contribution in [2.45, 2.75) is 25.4 Å². The molecule has 1 amide bonds. The summed E-state index contributed by atoms with van der Waals surface area (Å²) in [5.74, 6) is 0.772. The molecule has 4 rings (SSSR count). The van der Waals surface area contributed by atoms with Crippen molar-refractivity contribution < 1.29 is 9.53 Å². The van der Waals surface area contributed by atoms with Gasteiger partial charge in [0.1, 0.15) is 5.75 Å². The first-order chi connectivity index (χ1) is 15.2. The number of halogens is 1. The maximum absolute atomic E-state index is 13.5. The molecule has 160 valence electrons. The predicted molar refractivity (Wildman–Crippen MR) is 126 cm³/mol. The number of nitrogens with zero attached hydrogens (tertiary/aromatic N) is 2. The normalized spacial score (nSPS) is 14.9. The van der Waals surface area contributed by atoms with Crippen LogP contribution in [0, 0.1) is 0 Å². The molecule has 1 fully saturated rings. The van der Waals surface area contributed by atoms with Crippen molar-refractivity contribution in [3.8, 4) is 5.75 Å². The topological polar surface area (TPSA) is 32.8 Å². The molecule has 1 heterocycles. The van der Waals surface area contributed by atoms with Crippen molar-refractivity contribution in [3.63, 3.8) is 0 Å². The zero-order chi connectivity index (χ0) is 21.6. The number of carbonyl (C=O) groups is 1. The van der Waals surface area contributed by atoms with Crippen LogP contribution in [-0.2, 0) is 6.54 Å². The minimum atomic E-state index is 0.0263. The third-order valence-corrected chi connectivity index (χ3v) is 6.23. The number of rotatable bonds is 6. The van der Waals surface area contributed by atoms with Crippen LogP contribution >= 0.6 is 11.6 Å². The summed E-state index contributed by atoms with van der Waals surface area (Å²) in [6.07, 6.45) is 1.84. The van der Waals surface area contributed by atoms with Gasteiger partial charge in [-0.3, -0.25) is 9.69 Å². The fourth-order valence-corrected chi connectivity index (χ4v) is 4.35. The molecule has 0 aliphatic carbocycles. The Morgan fingerprint density at radius 2 is 1.61 bits per heavy atom. The van der Waals surface area contributed by atoms with Gasteiger partial charge in [-0.25, -0.2) is 0 Å². The van der Waals surface area contributed by atoms with E-state index in [9.17, 15) is 4.79 Å². The Morgan fingerprint density at radius 3 is 2.26 bits per heavy atom. The van der Waals surface area contributed by atoms with E-state index in [0.717, 1.165) is 54.5 Å². The van der Waals surface area contributed by atoms with Gasteiger partial charge in [0, 0.05) is 41.9 Å². The van der Waals surface area contributed by atoms with Crippen LogP contribution in [0.25, 0.3) is 0 Å². The number of ether oxygens (including phenoxy) is 1. The van der Waals surface area contributed by atoms with Gasteiger partial charge in [-0.15, -0.1) is 0 Å². The van der Waals surface area contributed by atoms with Crippen LogP contribution in [0.15, 0.2) is 78.9 Å². The standard InChI is InChI=1S/C26H27ClN2O2/c1-31-24-13-11-20(12-14-24)26(30)29(22-8-3-2-4-9-22)23-15-17-28(18-16-23)19-21-7-5-6-10-25(21)27/h2-14,23H,15-19H2,1H3. The van der Waals surface area contributed by atoms with E-state index in [1.165, 1.54) is 0 Å². The largest absolute Gasteiger partial charge is 0.497 e. The van der Waals surface area contributed by atoms with E-state index >= 15 is 0 Å². The molecule has 0 saturated carbocycles. The number of anilines is 1. The first kappa shape index (κ1) is 21.4. The first-order valence-electron chi connectivity index (χ1n) is 10.6. The molecule has 3 aromatic rings. The summed E-state index contributed by atoms with van der Waals surface area (Å²) in [6, 6.07) is 25.5. The van der Waals surface area contributed by atoms with Gasteiger partial charge in [0.25, 0.3) is 5.91 Å². The van der Waals surface area contributed by atoms with E-state index in [0.29, 0.717) is 5.56 Å². The van der Waals surface area contributed by atoms with Crippen LogP contribution in [0.2, 0.25) is 5.02 Å². The molecule has 0 spiro atoms. The molecule has 1 saturated heterocycles. The lowest BCUT2D eigenvalue weighted by molar-refractivity contribution is 0.0958.